The normalized spacial score (nSPS) is 11.2. The summed E-state index contributed by atoms with van der Waals surface area (Å²) in [6.07, 6.45) is 1.66. The number of hydrogen-bond donors (Lipinski definition) is 2. The average molecular weight is 220 g/mol. The van der Waals surface area contributed by atoms with Crippen LogP contribution in [0.3, 0.4) is 0 Å². The predicted octanol–water partition coefficient (Wildman–Crippen LogP) is -0.0712. The van der Waals surface area contributed by atoms with Gasteiger partial charge in [0, 0.05) is 5.56 Å². The molecule has 0 aliphatic carbocycles. The number of carbonyl (C=O) groups is 1. The first kappa shape index (κ1) is 10.3. The summed E-state index contributed by atoms with van der Waals surface area (Å²) >= 11 is 0. The first-order valence-corrected chi connectivity index (χ1v) is 4.81. The Morgan fingerprint density at radius 1 is 1.44 bits per heavy atom. The molecule has 7 nitrogen and oxygen atoms in total. The molecule has 2 heterocycles. The molecule has 0 atom stereocenters. The van der Waals surface area contributed by atoms with Crippen molar-refractivity contribution in [3.63, 3.8) is 0 Å². The summed E-state index contributed by atoms with van der Waals surface area (Å²) in [6.45, 7) is 4.00. The summed E-state index contributed by atoms with van der Waals surface area (Å²) in [5.41, 5.74) is 12.2. The number of nitrogens with zero attached hydrogens (tertiary/aromatic N) is 4. The summed E-state index contributed by atoms with van der Waals surface area (Å²) in [5.74, 6) is -0.462. The maximum atomic E-state index is 11.0. The molecule has 0 unspecified atom stereocenters. The van der Waals surface area contributed by atoms with Crippen LogP contribution < -0.4 is 11.5 Å². The standard InChI is InChI=1S/C9H12N6O/c1-4(2)5-3-12-15-8(5)13-7(6(10)16)14-9(15)11/h3-4H,1-2H3,(H2,10,16)(H2,11,13,14). The largest absolute Gasteiger partial charge is 0.368 e. The van der Waals surface area contributed by atoms with Gasteiger partial charge in [0.15, 0.2) is 5.65 Å². The van der Waals surface area contributed by atoms with E-state index in [1.54, 1.807) is 6.20 Å². The van der Waals surface area contributed by atoms with E-state index in [4.69, 9.17) is 11.5 Å². The first-order valence-electron chi connectivity index (χ1n) is 4.81. The highest BCUT2D eigenvalue weighted by Gasteiger charge is 2.15. The summed E-state index contributed by atoms with van der Waals surface area (Å²) in [5, 5.41) is 4.05. The van der Waals surface area contributed by atoms with Crippen LogP contribution in [0.5, 0.6) is 0 Å². The molecule has 0 saturated carbocycles. The topological polar surface area (TPSA) is 112 Å². The molecule has 0 aromatic carbocycles. The Kier molecular flexibility index (Phi) is 2.22. The average Bonchev–Trinajstić information content (AvgIpc) is 2.61. The highest BCUT2D eigenvalue weighted by atomic mass is 16.1. The second-order valence-electron chi connectivity index (χ2n) is 3.76. The van der Waals surface area contributed by atoms with Crippen molar-refractivity contribution >= 4 is 17.5 Å². The van der Waals surface area contributed by atoms with Gasteiger partial charge in [-0.05, 0) is 5.92 Å². The molecule has 0 fully saturated rings. The zero-order chi connectivity index (χ0) is 11.9. The van der Waals surface area contributed by atoms with Gasteiger partial charge in [-0.15, -0.1) is 0 Å². The number of fused-ring (bicyclic) bond motifs is 1. The molecule has 7 heteroatoms. The van der Waals surface area contributed by atoms with Crippen molar-refractivity contribution in [3.8, 4) is 0 Å². The summed E-state index contributed by atoms with van der Waals surface area (Å²) in [4.78, 5) is 18.8. The molecule has 2 aromatic heterocycles. The summed E-state index contributed by atoms with van der Waals surface area (Å²) in [6, 6.07) is 0. The van der Waals surface area contributed by atoms with Crippen molar-refractivity contribution in [1.82, 2.24) is 19.6 Å². The maximum Gasteiger partial charge on any atom is 0.286 e. The number of hydrogen-bond acceptors (Lipinski definition) is 5. The van der Waals surface area contributed by atoms with Crippen molar-refractivity contribution in [2.24, 2.45) is 5.73 Å². The van der Waals surface area contributed by atoms with Gasteiger partial charge in [-0.2, -0.15) is 14.6 Å². The molecule has 1 amide bonds. The number of amides is 1. The van der Waals surface area contributed by atoms with Crippen molar-refractivity contribution in [1.29, 1.82) is 0 Å². The third kappa shape index (κ3) is 1.46. The molecule has 2 rings (SSSR count). The highest BCUT2D eigenvalue weighted by Crippen LogP contribution is 2.19. The minimum absolute atomic E-state index is 0.0904. The van der Waals surface area contributed by atoms with Crippen LogP contribution in [-0.2, 0) is 0 Å². The molecule has 0 spiro atoms. The lowest BCUT2D eigenvalue weighted by Gasteiger charge is -2.03. The minimum atomic E-state index is -0.704. The lowest BCUT2D eigenvalue weighted by Crippen LogP contribution is -2.18. The fraction of sp³-hybridized carbons (Fsp3) is 0.333. The van der Waals surface area contributed by atoms with Crippen molar-refractivity contribution < 1.29 is 4.79 Å². The number of rotatable bonds is 2. The third-order valence-electron chi connectivity index (χ3n) is 2.26. The maximum absolute atomic E-state index is 11.0. The van der Waals surface area contributed by atoms with E-state index >= 15 is 0 Å². The van der Waals surface area contributed by atoms with Gasteiger partial charge in [0.2, 0.25) is 11.8 Å². The fourth-order valence-corrected chi connectivity index (χ4v) is 1.43. The quantitative estimate of drug-likeness (QED) is 0.735. The van der Waals surface area contributed by atoms with E-state index in [2.05, 4.69) is 15.1 Å². The lowest BCUT2D eigenvalue weighted by atomic mass is 10.1. The molecule has 0 aliphatic rings. The van der Waals surface area contributed by atoms with E-state index in [9.17, 15) is 4.79 Å². The first-order chi connectivity index (χ1) is 7.50. The summed E-state index contributed by atoms with van der Waals surface area (Å²) < 4.78 is 1.39. The summed E-state index contributed by atoms with van der Waals surface area (Å²) in [7, 11) is 0. The van der Waals surface area contributed by atoms with E-state index in [1.165, 1.54) is 4.52 Å². The Labute approximate surface area is 91.5 Å². The van der Waals surface area contributed by atoms with E-state index in [1.807, 2.05) is 13.8 Å². The van der Waals surface area contributed by atoms with E-state index in [-0.39, 0.29) is 17.7 Å². The van der Waals surface area contributed by atoms with E-state index < -0.39 is 5.91 Å². The number of anilines is 1. The molecule has 0 aliphatic heterocycles. The Morgan fingerprint density at radius 2 is 2.12 bits per heavy atom. The van der Waals surface area contributed by atoms with Gasteiger partial charge in [0.25, 0.3) is 5.91 Å². The Bertz CT molecular complexity index is 558. The number of aromatic nitrogens is 4. The highest BCUT2D eigenvalue weighted by molar-refractivity contribution is 5.89. The van der Waals surface area contributed by atoms with Crippen LogP contribution in [0.2, 0.25) is 0 Å². The third-order valence-corrected chi connectivity index (χ3v) is 2.26. The van der Waals surface area contributed by atoms with Crippen LogP contribution in [0.1, 0.15) is 35.9 Å². The number of nitrogen functional groups attached to an aromatic ring is 1. The van der Waals surface area contributed by atoms with Crippen molar-refractivity contribution in [3.05, 3.63) is 17.6 Å². The molecule has 0 radical (unpaired) electrons. The van der Waals surface area contributed by atoms with Crippen molar-refractivity contribution in [2.45, 2.75) is 19.8 Å². The molecule has 16 heavy (non-hydrogen) atoms. The molecule has 0 saturated heterocycles. The van der Waals surface area contributed by atoms with Gasteiger partial charge in [-0.3, -0.25) is 4.79 Å². The molecular weight excluding hydrogens is 208 g/mol. The smallest absolute Gasteiger partial charge is 0.286 e. The number of primary amides is 1. The minimum Gasteiger partial charge on any atom is -0.368 e. The van der Waals surface area contributed by atoms with Gasteiger partial charge >= 0.3 is 0 Å². The van der Waals surface area contributed by atoms with Crippen LogP contribution in [0.25, 0.3) is 5.65 Å². The molecule has 0 bridgehead atoms. The predicted molar refractivity (Wildman–Crippen MR) is 57.8 cm³/mol. The van der Waals surface area contributed by atoms with Gasteiger partial charge in [-0.25, -0.2) is 4.98 Å². The Morgan fingerprint density at radius 3 is 2.69 bits per heavy atom. The van der Waals surface area contributed by atoms with E-state index in [0.29, 0.717) is 5.65 Å². The van der Waals surface area contributed by atoms with Gasteiger partial charge in [0.05, 0.1) is 6.20 Å². The SMILES string of the molecule is CC(C)c1cnn2c(N)nc(C(N)=O)nc12. The number of carbonyl (C=O) groups excluding carboxylic acids is 1. The van der Waals surface area contributed by atoms with Gasteiger partial charge in [0.1, 0.15) is 0 Å². The fourth-order valence-electron chi connectivity index (χ4n) is 1.43. The Hall–Kier alpha value is -2.18. The lowest BCUT2D eigenvalue weighted by molar-refractivity contribution is 0.0990. The van der Waals surface area contributed by atoms with Gasteiger partial charge in [-0.1, -0.05) is 13.8 Å². The monoisotopic (exact) mass is 220 g/mol. The zero-order valence-corrected chi connectivity index (χ0v) is 9.01. The van der Waals surface area contributed by atoms with Crippen LogP contribution in [0.15, 0.2) is 6.20 Å². The molecule has 2 aromatic rings. The molecular formula is C9H12N6O. The zero-order valence-electron chi connectivity index (χ0n) is 9.01. The number of nitrogens with two attached hydrogens (primary N) is 2. The van der Waals surface area contributed by atoms with E-state index in [0.717, 1.165) is 5.56 Å². The van der Waals surface area contributed by atoms with Crippen molar-refractivity contribution in [2.75, 3.05) is 5.73 Å². The van der Waals surface area contributed by atoms with Crippen LogP contribution >= 0.6 is 0 Å². The molecule has 84 valence electrons. The second kappa shape index (κ2) is 3.44. The van der Waals surface area contributed by atoms with Gasteiger partial charge < -0.3 is 11.5 Å². The Balaban J connectivity index is 2.76. The van der Waals surface area contributed by atoms with Crippen LogP contribution in [-0.4, -0.2) is 25.5 Å². The second-order valence-corrected chi connectivity index (χ2v) is 3.76. The van der Waals surface area contributed by atoms with Crippen LogP contribution in [0, 0.1) is 0 Å². The molecule has 4 N–H and O–H groups in total. The van der Waals surface area contributed by atoms with Crippen LogP contribution in [0.4, 0.5) is 5.95 Å².